The molecule has 1 aliphatic heterocycles. The van der Waals surface area contributed by atoms with E-state index in [0.29, 0.717) is 0 Å². The highest BCUT2D eigenvalue weighted by Gasteiger charge is 2.38. The summed E-state index contributed by atoms with van der Waals surface area (Å²) >= 11 is 3.07. The van der Waals surface area contributed by atoms with Gasteiger partial charge in [0.05, 0.1) is 22.7 Å². The predicted octanol–water partition coefficient (Wildman–Crippen LogP) is -0.127. The maximum absolute atomic E-state index is 12.4. The summed E-state index contributed by atoms with van der Waals surface area (Å²) in [6, 6.07) is 3.65. The molecule has 0 unspecified atom stereocenters. The number of carboxylic acids is 1. The topological polar surface area (TPSA) is 115 Å². The molecule has 1 aromatic carbocycles. The molecule has 0 aromatic heterocycles. The van der Waals surface area contributed by atoms with Crippen molar-refractivity contribution in [1.82, 2.24) is 4.31 Å². The number of hydrogen-bond donors (Lipinski definition) is 3. The van der Waals surface area contributed by atoms with Gasteiger partial charge in [-0.2, -0.15) is 4.31 Å². The van der Waals surface area contributed by atoms with E-state index in [1.165, 1.54) is 12.1 Å². The Kier molecular flexibility index (Phi) is 4.17. The van der Waals surface area contributed by atoms with Crippen LogP contribution in [0.25, 0.3) is 0 Å². The maximum Gasteiger partial charge on any atom is 0.335 e. The van der Waals surface area contributed by atoms with Crippen molar-refractivity contribution < 1.29 is 28.5 Å². The summed E-state index contributed by atoms with van der Waals surface area (Å²) in [5.74, 6) is -1.24. The van der Waals surface area contributed by atoms with Crippen molar-refractivity contribution in [2.75, 3.05) is 13.1 Å². The first-order valence-electron chi connectivity index (χ1n) is 5.62. The molecule has 0 aliphatic carbocycles. The lowest BCUT2D eigenvalue weighted by molar-refractivity contribution is 0.0572. The second-order valence-corrected chi connectivity index (χ2v) is 7.17. The lowest BCUT2D eigenvalue weighted by Crippen LogP contribution is -2.30. The Morgan fingerprint density at radius 3 is 2.30 bits per heavy atom. The molecule has 0 saturated carbocycles. The van der Waals surface area contributed by atoms with Gasteiger partial charge in [0.15, 0.2) is 0 Å². The summed E-state index contributed by atoms with van der Waals surface area (Å²) in [6.07, 6.45) is -2.29. The van der Waals surface area contributed by atoms with Gasteiger partial charge < -0.3 is 15.3 Å². The fourth-order valence-electron chi connectivity index (χ4n) is 1.90. The van der Waals surface area contributed by atoms with E-state index in [0.717, 1.165) is 10.4 Å². The van der Waals surface area contributed by atoms with Crippen LogP contribution in [0.4, 0.5) is 0 Å². The third kappa shape index (κ3) is 2.72. The highest BCUT2D eigenvalue weighted by atomic mass is 79.9. The van der Waals surface area contributed by atoms with Crippen LogP contribution >= 0.6 is 15.9 Å². The molecule has 1 heterocycles. The van der Waals surface area contributed by atoms with E-state index in [4.69, 9.17) is 5.11 Å². The number of aliphatic hydroxyl groups is 2. The first-order chi connectivity index (χ1) is 9.23. The summed E-state index contributed by atoms with van der Waals surface area (Å²) in [5, 5.41) is 27.8. The van der Waals surface area contributed by atoms with E-state index in [1.807, 2.05) is 0 Å². The molecule has 20 heavy (non-hydrogen) atoms. The van der Waals surface area contributed by atoms with Gasteiger partial charge in [-0.05, 0) is 34.1 Å². The molecular formula is C11H12BrNO6S. The van der Waals surface area contributed by atoms with Crippen LogP contribution < -0.4 is 0 Å². The number of carboxylic acid groups (broad SMARTS) is 1. The summed E-state index contributed by atoms with van der Waals surface area (Å²) in [6.45, 7) is -0.458. The van der Waals surface area contributed by atoms with E-state index < -0.39 is 28.2 Å². The van der Waals surface area contributed by atoms with Crippen molar-refractivity contribution in [3.63, 3.8) is 0 Å². The van der Waals surface area contributed by atoms with Crippen LogP contribution in [0.3, 0.4) is 0 Å². The van der Waals surface area contributed by atoms with E-state index >= 15 is 0 Å². The Bertz CT molecular complexity index is 636. The van der Waals surface area contributed by atoms with Gasteiger partial charge >= 0.3 is 5.97 Å². The number of nitrogens with zero attached hydrogens (tertiary/aromatic N) is 1. The molecule has 7 nitrogen and oxygen atoms in total. The number of carbonyl (C=O) groups is 1. The van der Waals surface area contributed by atoms with E-state index in [2.05, 4.69) is 15.9 Å². The van der Waals surface area contributed by atoms with Crippen LogP contribution in [0.1, 0.15) is 10.4 Å². The van der Waals surface area contributed by atoms with E-state index in [9.17, 15) is 23.4 Å². The van der Waals surface area contributed by atoms with Gasteiger partial charge in [-0.3, -0.25) is 0 Å². The van der Waals surface area contributed by atoms with E-state index in [-0.39, 0.29) is 28.0 Å². The molecule has 1 aromatic rings. The van der Waals surface area contributed by atoms with Gasteiger partial charge in [-0.25, -0.2) is 13.2 Å². The Balaban J connectivity index is 2.44. The third-order valence-corrected chi connectivity index (χ3v) is 5.85. The second-order valence-electron chi connectivity index (χ2n) is 4.41. The predicted molar refractivity (Wildman–Crippen MR) is 71.9 cm³/mol. The van der Waals surface area contributed by atoms with Gasteiger partial charge in [0, 0.05) is 17.6 Å². The Morgan fingerprint density at radius 2 is 1.80 bits per heavy atom. The minimum atomic E-state index is -3.99. The molecule has 0 spiro atoms. The molecule has 0 amide bonds. The van der Waals surface area contributed by atoms with Gasteiger partial charge in [-0.1, -0.05) is 0 Å². The molecule has 1 aliphatic rings. The quantitative estimate of drug-likeness (QED) is 0.687. The number of aromatic carboxylic acids is 1. The van der Waals surface area contributed by atoms with Crippen molar-refractivity contribution in [2.24, 2.45) is 0 Å². The van der Waals surface area contributed by atoms with Gasteiger partial charge in [-0.15, -0.1) is 0 Å². The normalized spacial score (nSPS) is 23.9. The average molecular weight is 366 g/mol. The smallest absolute Gasteiger partial charge is 0.335 e. The zero-order chi connectivity index (χ0) is 15.1. The number of aliphatic hydroxyl groups excluding tert-OH is 2. The van der Waals surface area contributed by atoms with Crippen LogP contribution in [0.2, 0.25) is 0 Å². The molecule has 0 radical (unpaired) electrons. The minimum absolute atomic E-state index is 0.160. The van der Waals surface area contributed by atoms with Crippen molar-refractivity contribution in [3.05, 3.63) is 28.2 Å². The molecule has 9 heteroatoms. The number of benzene rings is 1. The highest BCUT2D eigenvalue weighted by molar-refractivity contribution is 9.10. The van der Waals surface area contributed by atoms with Crippen molar-refractivity contribution >= 4 is 31.9 Å². The second kappa shape index (κ2) is 5.41. The molecule has 3 N–H and O–H groups in total. The number of sulfonamides is 1. The van der Waals surface area contributed by atoms with E-state index in [1.54, 1.807) is 0 Å². The average Bonchev–Trinajstić information content (AvgIpc) is 2.70. The van der Waals surface area contributed by atoms with Gasteiger partial charge in [0.2, 0.25) is 10.0 Å². The van der Waals surface area contributed by atoms with Crippen molar-refractivity contribution in [1.29, 1.82) is 0 Å². The molecule has 1 fully saturated rings. The SMILES string of the molecule is O=C(O)c1ccc(Br)c(S(=O)(=O)N2C[C@@H](O)[C@@H](O)C2)c1. The fraction of sp³-hybridized carbons (Fsp3) is 0.364. The van der Waals surface area contributed by atoms with Gasteiger partial charge in [0.25, 0.3) is 0 Å². The van der Waals surface area contributed by atoms with Crippen LogP contribution in [0.15, 0.2) is 27.6 Å². The van der Waals surface area contributed by atoms with Gasteiger partial charge in [0.1, 0.15) is 0 Å². The third-order valence-electron chi connectivity index (χ3n) is 3.02. The Hall–Kier alpha value is -1.00. The first-order valence-corrected chi connectivity index (χ1v) is 7.86. The summed E-state index contributed by atoms with van der Waals surface area (Å²) in [5.41, 5.74) is -0.160. The standard InChI is InChI=1S/C11H12BrNO6S/c12-7-2-1-6(11(16)17)3-10(7)20(18,19)13-4-8(14)9(15)5-13/h1-3,8-9,14-15H,4-5H2,(H,16,17)/t8-,9+. The summed E-state index contributed by atoms with van der Waals surface area (Å²) in [4.78, 5) is 10.7. The minimum Gasteiger partial charge on any atom is -0.478 e. The van der Waals surface area contributed by atoms with Crippen molar-refractivity contribution in [2.45, 2.75) is 17.1 Å². The molecule has 1 saturated heterocycles. The highest BCUT2D eigenvalue weighted by Crippen LogP contribution is 2.28. The number of rotatable bonds is 3. The molecule has 2 atom stereocenters. The summed E-state index contributed by atoms with van der Waals surface area (Å²) in [7, 11) is -3.99. The van der Waals surface area contributed by atoms with Crippen LogP contribution in [0, 0.1) is 0 Å². The first kappa shape index (κ1) is 15.4. The zero-order valence-electron chi connectivity index (χ0n) is 10.1. The molecule has 110 valence electrons. The fourth-order valence-corrected chi connectivity index (χ4v) is 4.33. The maximum atomic E-state index is 12.4. The van der Waals surface area contributed by atoms with Crippen LogP contribution in [-0.4, -0.2) is 59.3 Å². The van der Waals surface area contributed by atoms with Crippen LogP contribution in [0.5, 0.6) is 0 Å². The number of hydrogen-bond acceptors (Lipinski definition) is 5. The van der Waals surface area contributed by atoms with Crippen molar-refractivity contribution in [3.8, 4) is 0 Å². The summed E-state index contributed by atoms with van der Waals surface area (Å²) < 4.78 is 25.9. The van der Waals surface area contributed by atoms with Crippen LogP contribution in [-0.2, 0) is 10.0 Å². The molecule has 0 bridgehead atoms. The number of halogens is 1. The lowest BCUT2D eigenvalue weighted by Gasteiger charge is -2.17. The Labute approximate surface area is 123 Å². The number of β-amino-alcohol motifs (C(OH)–C–C–N with tert-alkyl or cyclic N) is 2. The molecular weight excluding hydrogens is 354 g/mol. The monoisotopic (exact) mass is 365 g/mol. The largest absolute Gasteiger partial charge is 0.478 e. The Morgan fingerprint density at radius 1 is 1.25 bits per heavy atom. The zero-order valence-corrected chi connectivity index (χ0v) is 12.5. The molecule has 2 rings (SSSR count). The lowest BCUT2D eigenvalue weighted by atomic mass is 10.2.